The summed E-state index contributed by atoms with van der Waals surface area (Å²) in [6.45, 7) is 41.2. The molecule has 0 unspecified atom stereocenters. The van der Waals surface area contributed by atoms with Gasteiger partial charge in [-0.3, -0.25) is 29.0 Å². The minimum absolute atomic E-state index is 0.140. The highest BCUT2D eigenvalue weighted by atomic mass is 16.5. The zero-order valence-corrected chi connectivity index (χ0v) is 87.2. The number of benzene rings is 10. The number of carbonyl (C=O) groups is 4. The SMILES string of the molecule is CC(C)(C)c1ccc(-c2nc3c(nc2-c2ccc(C(C)(C)C)cc2)-c2nc-3nc3[nH]c(nc4nc(nc5[nH]c(n2)c2nc(-c6ccc(C(C)(C)C)cc6)c(-c6ccc(C(C)(C)C)cc6)nc52)-c2nc(-c5ccc(C(C)(C)C)cc5)c(-c5ccc(C(C)(C)C)cc5)nc2-4)c2nc(-c4ccc(OCCCCCCN5C(=O)c6ccccc6C5=O)cc4)c(-c4ccc(OCCCCCCN5C(=O)c6ccccc6C5=O)cc4)nc32)cc1. The Balaban J connectivity index is 0.784. The third kappa shape index (κ3) is 19.3. The number of hydrogen-bond acceptors (Lipinski definition) is 20. The zero-order valence-electron chi connectivity index (χ0n) is 87.2. The second kappa shape index (κ2) is 38.3. The van der Waals surface area contributed by atoms with Gasteiger partial charge in [0.1, 0.15) is 56.3 Å². The van der Waals surface area contributed by atoms with E-state index in [-0.39, 0.29) is 102 Å². The minimum Gasteiger partial charge on any atom is -0.494 e. The van der Waals surface area contributed by atoms with Gasteiger partial charge in [-0.2, -0.15) is 0 Å². The first-order valence-electron chi connectivity index (χ1n) is 51.3. The highest BCUT2D eigenvalue weighted by molar-refractivity contribution is 6.22. The van der Waals surface area contributed by atoms with Gasteiger partial charge in [0.05, 0.1) is 81.0 Å². The summed E-state index contributed by atoms with van der Waals surface area (Å²) in [6, 6.07) is 80.9. The van der Waals surface area contributed by atoms with E-state index in [1.54, 1.807) is 48.5 Å². The minimum atomic E-state index is -0.248. The maximum absolute atomic E-state index is 13.2. The van der Waals surface area contributed by atoms with E-state index < -0.39 is 0 Å². The maximum atomic E-state index is 13.2. The van der Waals surface area contributed by atoms with Crippen molar-refractivity contribution in [2.75, 3.05) is 26.3 Å². The lowest BCUT2D eigenvalue weighted by molar-refractivity contribution is 0.0636. The molecule has 8 bridgehead atoms. The van der Waals surface area contributed by atoms with Crippen LogP contribution in [0.5, 0.6) is 11.5 Å². The molecule has 24 heteroatoms. The first-order chi connectivity index (χ1) is 70.8. The Hall–Kier alpha value is -16.2. The summed E-state index contributed by atoms with van der Waals surface area (Å²) in [6.07, 6.45) is 6.02. The molecular weight excluding hydrogens is 1840 g/mol. The number of aromatic amines is 2. The molecule has 4 aliphatic heterocycles. The zero-order chi connectivity index (χ0) is 103. The summed E-state index contributed by atoms with van der Waals surface area (Å²) < 4.78 is 13.0. The van der Waals surface area contributed by atoms with Gasteiger partial charge in [0.2, 0.25) is 0 Å². The highest BCUT2D eigenvalue weighted by Gasteiger charge is 2.39. The predicted octanol–water partition coefficient (Wildman–Crippen LogP) is 27.6. The number of carbonyl (C=O) groups excluding carboxylic acids is 4. The van der Waals surface area contributed by atoms with Crippen LogP contribution in [0.25, 0.3) is 181 Å². The largest absolute Gasteiger partial charge is 0.494 e. The van der Waals surface area contributed by atoms with E-state index in [0.717, 1.165) is 105 Å². The Morgan fingerprint density at radius 2 is 0.399 bits per heavy atom. The van der Waals surface area contributed by atoms with E-state index in [2.05, 4.69) is 280 Å². The summed E-state index contributed by atoms with van der Waals surface area (Å²) >= 11 is 0. The molecule has 4 amide bonds. The molecule has 10 aromatic carbocycles. The summed E-state index contributed by atoms with van der Waals surface area (Å²) in [5.74, 6) is 0.866. The molecule has 0 atom stereocenters. The van der Waals surface area contributed by atoms with E-state index in [4.69, 9.17) is 79.2 Å². The fourth-order valence-corrected chi connectivity index (χ4v) is 19.5. The molecule has 21 rings (SSSR count). The Labute approximate surface area is 861 Å². The van der Waals surface area contributed by atoms with Crippen molar-refractivity contribution < 1.29 is 28.7 Å². The van der Waals surface area contributed by atoms with Gasteiger partial charge >= 0.3 is 0 Å². The number of nitrogens with one attached hydrogen (secondary N) is 2. The van der Waals surface area contributed by atoms with Crippen molar-refractivity contribution in [3.05, 3.63) is 298 Å². The summed E-state index contributed by atoms with van der Waals surface area (Å²) in [5, 5.41) is 0. The number of rotatable bonds is 24. The first kappa shape index (κ1) is 97.8. The standard InChI is InChI=1S/C124H120N18O6/c1-119(2,3)79-51-35-71(36-52-79)91-92(72-37-53-80(54-38-72)120(4,5)6)126-100-99(125-91)107-133-108(100)135-110-102-104(130-96(76-45-61-84(62-46-76)124(16,17)18)94(128-102)74-41-57-82(58-42-74)122(10,11)12)112(137-110)139-114-106-105(113(140-114)138-111-103-101(109(134-107)136-111)127-93(73-39-55-81(56-40-73)121(7,8)9)95(129-103)75-43-59-83(60-44-75)123(13,14)15)131-97(77-47-63-85(64-48-77)147-69-29-21-19-27-67-141-115(143)87-31-23-24-32-88(87)116(141)144)98(132-106)78-49-65-86(66-50-78)148-70-30-22-20-28-68-142-117(145)89-33-25-26-34-90(89)118(142)146/h23-26,31-66H,19-22,27-30,67-70H2,1-18H3,(H2,133,134,135,136,137,138,139,140). The Bertz CT molecular complexity index is 7750. The molecule has 11 heterocycles. The maximum Gasteiger partial charge on any atom is 0.261 e. The van der Waals surface area contributed by atoms with Gasteiger partial charge in [0.25, 0.3) is 23.6 Å². The number of H-pyrrole nitrogens is 2. The van der Waals surface area contributed by atoms with E-state index in [0.29, 0.717) is 174 Å². The van der Waals surface area contributed by atoms with Crippen LogP contribution in [0, 0.1) is 0 Å². The second-order valence-electron chi connectivity index (χ2n) is 45.2. The molecule has 0 saturated heterocycles. The monoisotopic (exact) mass is 1960 g/mol. The van der Waals surface area contributed by atoms with Crippen LogP contribution in [0.3, 0.4) is 0 Å². The van der Waals surface area contributed by atoms with Crippen LogP contribution in [0.15, 0.2) is 243 Å². The Morgan fingerprint density at radius 3 is 0.601 bits per heavy atom. The number of hydrogen-bond donors (Lipinski definition) is 2. The van der Waals surface area contributed by atoms with E-state index in [1.807, 2.05) is 48.5 Å². The van der Waals surface area contributed by atoms with Crippen LogP contribution < -0.4 is 9.47 Å². The lowest BCUT2D eigenvalue weighted by Gasteiger charge is -2.20. The van der Waals surface area contributed by atoms with E-state index >= 15 is 0 Å². The van der Waals surface area contributed by atoms with E-state index in [1.165, 1.54) is 9.80 Å². The molecule has 742 valence electrons. The number of nitrogens with zero attached hydrogens (tertiary/aromatic N) is 16. The van der Waals surface area contributed by atoms with Gasteiger partial charge in [-0.1, -0.05) is 320 Å². The van der Waals surface area contributed by atoms with Crippen molar-refractivity contribution in [1.82, 2.24) is 89.5 Å². The van der Waals surface area contributed by atoms with Gasteiger partial charge in [-0.05, 0) is 164 Å². The molecule has 0 aliphatic carbocycles. The van der Waals surface area contributed by atoms with Crippen molar-refractivity contribution >= 4 is 68.3 Å². The van der Waals surface area contributed by atoms with Crippen LogP contribution in [0.1, 0.15) is 251 Å². The van der Waals surface area contributed by atoms with Crippen molar-refractivity contribution in [1.29, 1.82) is 0 Å². The smallest absolute Gasteiger partial charge is 0.261 e. The van der Waals surface area contributed by atoms with Gasteiger partial charge < -0.3 is 19.4 Å². The first-order valence-corrected chi connectivity index (χ1v) is 51.3. The molecule has 17 aromatic rings. The van der Waals surface area contributed by atoms with Crippen LogP contribution in [0.2, 0.25) is 0 Å². The average molecular weight is 1960 g/mol. The fraction of sp³-hybridized carbons (Fsp3) is 0.290. The summed E-state index contributed by atoms with van der Waals surface area (Å²) in [7, 11) is 0. The van der Waals surface area contributed by atoms with Crippen molar-refractivity contribution in [2.24, 2.45) is 0 Å². The second-order valence-corrected chi connectivity index (χ2v) is 45.2. The highest BCUT2D eigenvalue weighted by Crippen LogP contribution is 2.47. The number of fused-ring (bicyclic) bond motifs is 22. The number of unbranched alkanes of at least 4 members (excludes halogenated alkanes) is 6. The number of aromatic nitrogens is 16. The molecular formula is C124H120N18O6. The molecule has 0 spiro atoms. The molecule has 4 aliphatic rings. The molecule has 0 saturated carbocycles. The molecule has 24 nitrogen and oxygen atoms in total. The summed E-state index contributed by atoms with van der Waals surface area (Å²) in [5.41, 5.74) is 22.0. The Kier molecular flexibility index (Phi) is 25.3. The molecule has 0 fully saturated rings. The molecule has 0 radical (unpaired) electrons. The normalized spacial score (nSPS) is 13.3. The number of amides is 4. The van der Waals surface area contributed by atoms with Gasteiger partial charge in [0, 0.05) is 57.6 Å². The van der Waals surface area contributed by atoms with Crippen LogP contribution >= 0.6 is 0 Å². The Morgan fingerprint density at radius 1 is 0.209 bits per heavy atom. The van der Waals surface area contributed by atoms with Crippen molar-refractivity contribution in [2.45, 2.75) is 208 Å². The van der Waals surface area contributed by atoms with Crippen LogP contribution in [-0.2, 0) is 32.5 Å². The lowest BCUT2D eigenvalue weighted by atomic mass is 9.85. The molecule has 7 aromatic heterocycles. The van der Waals surface area contributed by atoms with Crippen molar-refractivity contribution in [3.63, 3.8) is 0 Å². The topological polar surface area (TPSA) is 305 Å². The average Bonchev–Trinajstić information content (AvgIpc) is 1.57. The van der Waals surface area contributed by atoms with Gasteiger partial charge in [-0.25, -0.2) is 69.8 Å². The fourth-order valence-electron chi connectivity index (χ4n) is 19.5. The van der Waals surface area contributed by atoms with E-state index in [9.17, 15) is 19.2 Å². The molecule has 148 heavy (non-hydrogen) atoms. The van der Waals surface area contributed by atoms with Crippen LogP contribution in [0.4, 0.5) is 0 Å². The molecule has 2 N–H and O–H groups in total. The number of imide groups is 2. The summed E-state index contributed by atoms with van der Waals surface area (Å²) in [4.78, 5) is 143. The van der Waals surface area contributed by atoms with Gasteiger partial charge in [0.15, 0.2) is 45.9 Å². The number of ether oxygens (including phenoxy) is 2. The predicted molar refractivity (Wildman–Crippen MR) is 586 cm³/mol. The lowest BCUT2D eigenvalue weighted by Crippen LogP contribution is -2.30. The van der Waals surface area contributed by atoms with Crippen LogP contribution in [-0.4, -0.2) is 139 Å². The third-order valence-electron chi connectivity index (χ3n) is 28.3. The third-order valence-corrected chi connectivity index (χ3v) is 28.3. The quantitative estimate of drug-likeness (QED) is 0.0419. The van der Waals surface area contributed by atoms with Crippen molar-refractivity contribution in [3.8, 4) is 148 Å². The van der Waals surface area contributed by atoms with Gasteiger partial charge in [-0.15, -0.1) is 0 Å².